The summed E-state index contributed by atoms with van der Waals surface area (Å²) < 4.78 is 43.5. The van der Waals surface area contributed by atoms with Crippen LogP contribution in [0.15, 0.2) is 36.4 Å². The molecule has 0 unspecified atom stereocenters. The maximum atomic E-state index is 14.6. The lowest BCUT2D eigenvalue weighted by Gasteiger charge is -2.27. The number of carbonyl (C=O) groups is 1. The number of amides is 1. The van der Waals surface area contributed by atoms with Gasteiger partial charge in [0.25, 0.3) is 5.91 Å². The fourth-order valence-electron chi connectivity index (χ4n) is 4.69. The number of hydrogen-bond acceptors (Lipinski definition) is 3. The van der Waals surface area contributed by atoms with Crippen molar-refractivity contribution in [3.8, 4) is 11.3 Å². The molecule has 3 aromatic rings. The van der Waals surface area contributed by atoms with Gasteiger partial charge in [0.15, 0.2) is 0 Å². The van der Waals surface area contributed by atoms with Crippen LogP contribution in [-0.2, 0) is 10.0 Å². The number of aryl methyl sites for hydroxylation is 1. The number of anilines is 1. The Morgan fingerprint density at radius 2 is 1.71 bits per heavy atom. The number of nitrogens with two attached hydrogens (primary N) is 1. The Kier molecular flexibility index (Phi) is 6.23. The van der Waals surface area contributed by atoms with E-state index in [4.69, 9.17) is 5.73 Å². The predicted molar refractivity (Wildman–Crippen MR) is 135 cm³/mol. The van der Waals surface area contributed by atoms with Gasteiger partial charge in [-0.25, -0.2) is 12.8 Å². The molecule has 1 heterocycles. The molecule has 2 aromatic carbocycles. The van der Waals surface area contributed by atoms with E-state index >= 15 is 0 Å². The molecule has 1 aromatic heterocycles. The highest BCUT2D eigenvalue weighted by atomic mass is 32.2. The van der Waals surface area contributed by atoms with E-state index in [1.54, 1.807) is 58.0 Å². The van der Waals surface area contributed by atoms with Gasteiger partial charge in [-0.2, -0.15) is 0 Å². The lowest BCUT2D eigenvalue weighted by Crippen LogP contribution is -2.33. The van der Waals surface area contributed by atoms with Gasteiger partial charge in [-0.1, -0.05) is 31.4 Å². The van der Waals surface area contributed by atoms with Crippen molar-refractivity contribution in [2.75, 3.05) is 4.72 Å². The molecule has 4 rings (SSSR count). The van der Waals surface area contributed by atoms with Crippen LogP contribution in [0, 0.1) is 12.7 Å². The van der Waals surface area contributed by atoms with Gasteiger partial charge in [0, 0.05) is 17.1 Å². The second-order valence-corrected chi connectivity index (χ2v) is 12.6. The van der Waals surface area contributed by atoms with Gasteiger partial charge >= 0.3 is 0 Å². The quantitative estimate of drug-likeness (QED) is 0.471. The third-order valence-electron chi connectivity index (χ3n) is 6.69. The molecular formula is C26H32FN3O3S. The maximum absolute atomic E-state index is 14.6. The highest BCUT2D eigenvalue weighted by molar-refractivity contribution is 7.94. The third kappa shape index (κ3) is 4.31. The van der Waals surface area contributed by atoms with E-state index in [0.717, 1.165) is 36.8 Å². The van der Waals surface area contributed by atoms with Gasteiger partial charge in [0.1, 0.15) is 5.82 Å². The topological polar surface area (TPSA) is 94.2 Å². The largest absolute Gasteiger partial charge is 0.366 e. The zero-order valence-electron chi connectivity index (χ0n) is 20.1. The van der Waals surface area contributed by atoms with Crippen LogP contribution in [0.2, 0.25) is 0 Å². The van der Waals surface area contributed by atoms with E-state index in [1.165, 1.54) is 12.5 Å². The molecular weight excluding hydrogens is 453 g/mol. The summed E-state index contributed by atoms with van der Waals surface area (Å²) in [5.74, 6) is -0.996. The number of nitrogens with zero attached hydrogens (tertiary/aromatic N) is 1. The molecule has 0 atom stereocenters. The van der Waals surface area contributed by atoms with E-state index in [9.17, 15) is 17.6 Å². The van der Waals surface area contributed by atoms with Gasteiger partial charge in [-0.3, -0.25) is 9.52 Å². The highest BCUT2D eigenvalue weighted by Crippen LogP contribution is 2.41. The van der Waals surface area contributed by atoms with Crippen molar-refractivity contribution < 1.29 is 17.6 Å². The number of benzene rings is 2. The summed E-state index contributed by atoms with van der Waals surface area (Å²) in [5, 5.41) is 0.508. The molecule has 3 N–H and O–H groups in total. The second kappa shape index (κ2) is 8.73. The maximum Gasteiger partial charge on any atom is 0.251 e. The van der Waals surface area contributed by atoms with Crippen LogP contribution >= 0.6 is 0 Å². The van der Waals surface area contributed by atoms with Crippen LogP contribution in [-0.4, -0.2) is 23.6 Å². The molecule has 0 radical (unpaired) electrons. The van der Waals surface area contributed by atoms with E-state index in [2.05, 4.69) is 9.29 Å². The molecule has 1 aliphatic carbocycles. The number of fused-ring (bicyclic) bond motifs is 1. The van der Waals surface area contributed by atoms with Crippen molar-refractivity contribution in [2.24, 2.45) is 5.73 Å². The van der Waals surface area contributed by atoms with Gasteiger partial charge in [-0.15, -0.1) is 0 Å². The minimum absolute atomic E-state index is 0.170. The van der Waals surface area contributed by atoms with Crippen molar-refractivity contribution >= 4 is 32.5 Å². The molecule has 1 saturated carbocycles. The smallest absolute Gasteiger partial charge is 0.251 e. The first kappa shape index (κ1) is 24.3. The number of sulfonamides is 1. The van der Waals surface area contributed by atoms with Gasteiger partial charge in [0.2, 0.25) is 10.0 Å². The van der Waals surface area contributed by atoms with Crippen molar-refractivity contribution in [1.82, 2.24) is 4.57 Å². The van der Waals surface area contributed by atoms with Crippen LogP contribution in [0.4, 0.5) is 10.1 Å². The van der Waals surface area contributed by atoms with Crippen LogP contribution in [0.3, 0.4) is 0 Å². The van der Waals surface area contributed by atoms with E-state index in [0.29, 0.717) is 27.9 Å². The molecule has 0 spiro atoms. The standard InChI is InChI=1S/C26H32FN3O3S/c1-16-14-22-20(15-21(16)27)23(25(28)31)24(30(22)19-8-6-5-7-9-19)17-10-12-18(13-11-17)29-34(32,33)26(2,3)4/h10-15,19,29H,5-9H2,1-4H3,(H2,28,31). The first-order chi connectivity index (χ1) is 15.9. The minimum Gasteiger partial charge on any atom is -0.366 e. The number of rotatable bonds is 5. The van der Waals surface area contributed by atoms with Crippen LogP contribution < -0.4 is 10.5 Å². The average Bonchev–Trinajstić information content (AvgIpc) is 3.08. The minimum atomic E-state index is -3.58. The Labute approximate surface area is 200 Å². The zero-order chi connectivity index (χ0) is 24.8. The molecule has 182 valence electrons. The molecule has 1 aliphatic rings. The second-order valence-electron chi connectivity index (χ2n) is 10.2. The molecule has 34 heavy (non-hydrogen) atoms. The lowest BCUT2D eigenvalue weighted by atomic mass is 9.94. The summed E-state index contributed by atoms with van der Waals surface area (Å²) >= 11 is 0. The Hall–Kier alpha value is -2.87. The number of hydrogen-bond donors (Lipinski definition) is 2. The number of halogens is 1. The molecule has 0 aliphatic heterocycles. The van der Waals surface area contributed by atoms with E-state index in [1.807, 2.05) is 0 Å². The fraction of sp³-hybridized carbons (Fsp3) is 0.423. The summed E-state index contributed by atoms with van der Waals surface area (Å²) in [4.78, 5) is 12.7. The molecule has 1 amide bonds. The summed E-state index contributed by atoms with van der Waals surface area (Å²) in [6, 6.07) is 10.3. The number of carbonyl (C=O) groups excluding carboxylic acids is 1. The van der Waals surface area contributed by atoms with Crippen LogP contribution in [0.1, 0.15) is 74.8 Å². The van der Waals surface area contributed by atoms with Crippen molar-refractivity contribution in [3.05, 3.63) is 53.3 Å². The summed E-state index contributed by atoms with van der Waals surface area (Å²) in [6.07, 6.45) is 5.28. The Bertz CT molecular complexity index is 1350. The van der Waals surface area contributed by atoms with Crippen LogP contribution in [0.25, 0.3) is 22.2 Å². The van der Waals surface area contributed by atoms with Gasteiger partial charge in [-0.05, 0) is 75.9 Å². The van der Waals surface area contributed by atoms with E-state index < -0.39 is 20.7 Å². The molecule has 6 nitrogen and oxygen atoms in total. The number of aromatic nitrogens is 1. The lowest BCUT2D eigenvalue weighted by molar-refractivity contribution is 0.100. The first-order valence-electron chi connectivity index (χ1n) is 11.7. The normalized spacial score (nSPS) is 15.6. The summed E-state index contributed by atoms with van der Waals surface area (Å²) in [6.45, 7) is 6.61. The van der Waals surface area contributed by atoms with Crippen molar-refractivity contribution in [1.29, 1.82) is 0 Å². The highest BCUT2D eigenvalue weighted by Gasteiger charge is 2.30. The Balaban J connectivity index is 1.91. The van der Waals surface area contributed by atoms with Gasteiger partial charge < -0.3 is 10.3 Å². The summed E-state index contributed by atoms with van der Waals surface area (Å²) in [7, 11) is -3.58. The fourth-order valence-corrected chi connectivity index (χ4v) is 5.44. The molecule has 0 saturated heterocycles. The third-order valence-corrected chi connectivity index (χ3v) is 8.80. The SMILES string of the molecule is Cc1cc2c(cc1F)c(C(N)=O)c(-c1ccc(NS(=O)(=O)C(C)(C)C)cc1)n2C1CCCCC1. The zero-order valence-corrected chi connectivity index (χ0v) is 20.9. The van der Waals surface area contributed by atoms with E-state index in [-0.39, 0.29) is 11.9 Å². The number of nitrogens with one attached hydrogen (secondary N) is 1. The van der Waals surface area contributed by atoms with Crippen LogP contribution in [0.5, 0.6) is 0 Å². The van der Waals surface area contributed by atoms with Crippen molar-refractivity contribution in [3.63, 3.8) is 0 Å². The first-order valence-corrected chi connectivity index (χ1v) is 13.2. The average molecular weight is 486 g/mol. The predicted octanol–water partition coefficient (Wildman–Crippen LogP) is 5.90. The summed E-state index contributed by atoms with van der Waals surface area (Å²) in [5.41, 5.74) is 9.26. The number of primary amides is 1. The monoisotopic (exact) mass is 485 g/mol. The van der Waals surface area contributed by atoms with Crippen molar-refractivity contribution in [2.45, 2.75) is 70.6 Å². The Morgan fingerprint density at radius 1 is 1.09 bits per heavy atom. The molecule has 0 bridgehead atoms. The van der Waals surface area contributed by atoms with Gasteiger partial charge in [0.05, 0.1) is 21.5 Å². The Morgan fingerprint density at radius 3 is 2.26 bits per heavy atom. The molecule has 8 heteroatoms. The molecule has 1 fully saturated rings.